The summed E-state index contributed by atoms with van der Waals surface area (Å²) in [4.78, 5) is 12.0. The number of anilines is 1. The lowest BCUT2D eigenvalue weighted by Crippen LogP contribution is -2.35. The molecule has 0 spiro atoms. The molecular weight excluding hydrogens is 366 g/mol. The third-order valence-corrected chi connectivity index (χ3v) is 5.23. The SMILES string of the molecule is CCOc1ccc(S(=O)(=O)N(C)CC(=O)Nc2cc(F)ccc2F)cc1. The zero-order valence-electron chi connectivity index (χ0n) is 14.2. The van der Waals surface area contributed by atoms with E-state index in [-0.39, 0.29) is 10.6 Å². The summed E-state index contributed by atoms with van der Waals surface area (Å²) < 4.78 is 57.7. The summed E-state index contributed by atoms with van der Waals surface area (Å²) in [6.45, 7) is 1.69. The summed E-state index contributed by atoms with van der Waals surface area (Å²) in [5.41, 5.74) is -0.359. The number of hydrogen-bond donors (Lipinski definition) is 1. The predicted molar refractivity (Wildman–Crippen MR) is 92.4 cm³/mol. The summed E-state index contributed by atoms with van der Waals surface area (Å²) in [5.74, 6) is -1.83. The van der Waals surface area contributed by atoms with Crippen LogP contribution in [0, 0.1) is 11.6 Å². The third-order valence-electron chi connectivity index (χ3n) is 3.41. The minimum absolute atomic E-state index is 0.0202. The topological polar surface area (TPSA) is 75.7 Å². The van der Waals surface area contributed by atoms with E-state index in [9.17, 15) is 22.0 Å². The monoisotopic (exact) mass is 384 g/mol. The van der Waals surface area contributed by atoms with Crippen LogP contribution in [0.1, 0.15) is 6.92 Å². The first kappa shape index (κ1) is 19.8. The van der Waals surface area contributed by atoms with Crippen LogP contribution >= 0.6 is 0 Å². The van der Waals surface area contributed by atoms with Gasteiger partial charge in [-0.05, 0) is 43.3 Å². The van der Waals surface area contributed by atoms with Crippen LogP contribution in [0.2, 0.25) is 0 Å². The molecule has 0 bridgehead atoms. The minimum atomic E-state index is -3.93. The zero-order chi connectivity index (χ0) is 19.3. The summed E-state index contributed by atoms with van der Waals surface area (Å²) in [6, 6.07) is 8.33. The number of halogens is 2. The average Bonchev–Trinajstić information content (AvgIpc) is 2.59. The van der Waals surface area contributed by atoms with Crippen molar-refractivity contribution in [3.63, 3.8) is 0 Å². The average molecular weight is 384 g/mol. The van der Waals surface area contributed by atoms with Gasteiger partial charge in [0.25, 0.3) is 0 Å². The molecule has 0 saturated carbocycles. The van der Waals surface area contributed by atoms with Crippen LogP contribution in [0.3, 0.4) is 0 Å². The molecule has 0 aliphatic heterocycles. The molecule has 0 fully saturated rings. The standard InChI is InChI=1S/C17H18F2N2O4S/c1-3-25-13-5-7-14(8-6-13)26(23,24)21(2)11-17(22)20-16-10-12(18)4-9-15(16)19/h4-10H,3,11H2,1-2H3,(H,20,22). The van der Waals surface area contributed by atoms with E-state index < -0.39 is 34.1 Å². The van der Waals surface area contributed by atoms with Crippen LogP contribution < -0.4 is 10.1 Å². The molecule has 26 heavy (non-hydrogen) atoms. The number of hydrogen-bond acceptors (Lipinski definition) is 4. The number of ether oxygens (including phenoxy) is 1. The molecule has 0 radical (unpaired) electrons. The van der Waals surface area contributed by atoms with Gasteiger partial charge in [0, 0.05) is 13.1 Å². The van der Waals surface area contributed by atoms with Crippen LogP contribution in [-0.4, -0.2) is 38.8 Å². The van der Waals surface area contributed by atoms with Gasteiger partial charge in [0.05, 0.1) is 23.7 Å². The number of amides is 1. The van der Waals surface area contributed by atoms with Gasteiger partial charge in [-0.3, -0.25) is 4.79 Å². The van der Waals surface area contributed by atoms with Gasteiger partial charge in [-0.1, -0.05) is 0 Å². The Kier molecular flexibility index (Phi) is 6.27. The molecule has 1 amide bonds. The van der Waals surface area contributed by atoms with Crippen molar-refractivity contribution in [2.24, 2.45) is 0 Å². The number of benzene rings is 2. The van der Waals surface area contributed by atoms with E-state index in [2.05, 4.69) is 5.32 Å². The Balaban J connectivity index is 2.08. The molecule has 2 rings (SSSR count). The van der Waals surface area contributed by atoms with Crippen molar-refractivity contribution >= 4 is 21.6 Å². The van der Waals surface area contributed by atoms with E-state index in [0.717, 1.165) is 22.5 Å². The van der Waals surface area contributed by atoms with Crippen molar-refractivity contribution in [2.45, 2.75) is 11.8 Å². The smallest absolute Gasteiger partial charge is 0.243 e. The molecule has 0 aromatic heterocycles. The molecule has 2 aromatic rings. The molecule has 0 aliphatic rings. The van der Waals surface area contributed by atoms with Gasteiger partial charge in [0.15, 0.2) is 0 Å². The molecule has 0 atom stereocenters. The first-order chi connectivity index (χ1) is 12.2. The number of likely N-dealkylation sites (N-methyl/N-ethyl adjacent to an activating group) is 1. The normalized spacial score (nSPS) is 11.4. The number of rotatable bonds is 7. The predicted octanol–water partition coefficient (Wildman–Crippen LogP) is 2.62. The molecule has 9 heteroatoms. The minimum Gasteiger partial charge on any atom is -0.494 e. The van der Waals surface area contributed by atoms with E-state index >= 15 is 0 Å². The lowest BCUT2D eigenvalue weighted by atomic mass is 10.3. The van der Waals surface area contributed by atoms with Gasteiger partial charge in [-0.25, -0.2) is 17.2 Å². The van der Waals surface area contributed by atoms with E-state index in [0.29, 0.717) is 12.4 Å². The lowest BCUT2D eigenvalue weighted by molar-refractivity contribution is -0.116. The van der Waals surface area contributed by atoms with Gasteiger partial charge in [-0.15, -0.1) is 0 Å². The van der Waals surface area contributed by atoms with Gasteiger partial charge >= 0.3 is 0 Å². The van der Waals surface area contributed by atoms with E-state index in [1.54, 1.807) is 6.92 Å². The van der Waals surface area contributed by atoms with Crippen LogP contribution in [0.25, 0.3) is 0 Å². The Hall–Kier alpha value is -2.52. The maximum Gasteiger partial charge on any atom is 0.243 e. The van der Waals surface area contributed by atoms with Crippen molar-refractivity contribution < 1.29 is 26.7 Å². The summed E-state index contributed by atoms with van der Waals surface area (Å²) in [7, 11) is -2.71. The number of nitrogens with zero attached hydrogens (tertiary/aromatic N) is 1. The van der Waals surface area contributed by atoms with Gasteiger partial charge in [0.2, 0.25) is 15.9 Å². The zero-order valence-corrected chi connectivity index (χ0v) is 15.0. The van der Waals surface area contributed by atoms with Crippen LogP contribution in [-0.2, 0) is 14.8 Å². The molecule has 0 unspecified atom stereocenters. The highest BCUT2D eigenvalue weighted by atomic mass is 32.2. The molecule has 6 nitrogen and oxygen atoms in total. The summed E-state index contributed by atoms with van der Waals surface area (Å²) in [6.07, 6.45) is 0. The van der Waals surface area contributed by atoms with Crippen molar-refractivity contribution in [3.05, 3.63) is 54.1 Å². The number of nitrogens with one attached hydrogen (secondary N) is 1. The van der Waals surface area contributed by atoms with Crippen molar-refractivity contribution in [1.82, 2.24) is 4.31 Å². The van der Waals surface area contributed by atoms with Crippen molar-refractivity contribution in [2.75, 3.05) is 25.5 Å². The molecule has 0 saturated heterocycles. The Morgan fingerprint density at radius 2 is 1.81 bits per heavy atom. The fourth-order valence-electron chi connectivity index (χ4n) is 2.12. The number of sulfonamides is 1. The van der Waals surface area contributed by atoms with Crippen LogP contribution in [0.4, 0.5) is 14.5 Å². The first-order valence-corrected chi connectivity index (χ1v) is 9.12. The van der Waals surface area contributed by atoms with Crippen LogP contribution in [0.5, 0.6) is 5.75 Å². The molecule has 1 N–H and O–H groups in total. The third kappa shape index (κ3) is 4.77. The number of carbonyl (C=O) groups is 1. The molecule has 0 heterocycles. The van der Waals surface area contributed by atoms with Gasteiger partial charge in [0.1, 0.15) is 17.4 Å². The fraction of sp³-hybridized carbons (Fsp3) is 0.235. The van der Waals surface area contributed by atoms with Crippen molar-refractivity contribution in [3.8, 4) is 5.75 Å². The largest absolute Gasteiger partial charge is 0.494 e. The Bertz CT molecular complexity index is 886. The molecule has 0 aliphatic carbocycles. The van der Waals surface area contributed by atoms with Gasteiger partial charge in [-0.2, -0.15) is 4.31 Å². The quantitative estimate of drug-likeness (QED) is 0.796. The highest BCUT2D eigenvalue weighted by Crippen LogP contribution is 2.19. The second kappa shape index (κ2) is 8.24. The second-order valence-corrected chi connectivity index (χ2v) is 7.38. The maximum atomic E-state index is 13.5. The van der Waals surface area contributed by atoms with E-state index in [1.165, 1.54) is 31.3 Å². The van der Waals surface area contributed by atoms with Gasteiger partial charge < -0.3 is 10.1 Å². The van der Waals surface area contributed by atoms with Crippen LogP contribution in [0.15, 0.2) is 47.4 Å². The highest BCUT2D eigenvalue weighted by molar-refractivity contribution is 7.89. The Morgan fingerprint density at radius 3 is 2.42 bits per heavy atom. The lowest BCUT2D eigenvalue weighted by Gasteiger charge is -2.17. The fourth-order valence-corrected chi connectivity index (χ4v) is 3.25. The molecule has 2 aromatic carbocycles. The molecular formula is C17H18F2N2O4S. The maximum absolute atomic E-state index is 13.5. The second-order valence-electron chi connectivity index (χ2n) is 5.34. The van der Waals surface area contributed by atoms with Crippen molar-refractivity contribution in [1.29, 1.82) is 0 Å². The Labute approximate surface area is 150 Å². The molecule has 140 valence electrons. The van der Waals surface area contributed by atoms with E-state index in [4.69, 9.17) is 4.74 Å². The highest BCUT2D eigenvalue weighted by Gasteiger charge is 2.23. The van der Waals surface area contributed by atoms with E-state index in [1.807, 2.05) is 0 Å². The number of carbonyl (C=O) groups excluding carboxylic acids is 1. The Morgan fingerprint density at radius 1 is 1.15 bits per heavy atom. The summed E-state index contributed by atoms with van der Waals surface area (Å²) in [5, 5.41) is 2.15. The summed E-state index contributed by atoms with van der Waals surface area (Å²) >= 11 is 0. The first-order valence-electron chi connectivity index (χ1n) is 7.68.